The van der Waals surface area contributed by atoms with E-state index in [2.05, 4.69) is 24.0 Å². The molecule has 1 aromatic heterocycles. The minimum absolute atomic E-state index is 0.657. The molecule has 0 aliphatic carbocycles. The first-order valence-corrected chi connectivity index (χ1v) is 6.77. The summed E-state index contributed by atoms with van der Waals surface area (Å²) in [5, 5.41) is 4.35. The summed E-state index contributed by atoms with van der Waals surface area (Å²) >= 11 is 0. The van der Waals surface area contributed by atoms with E-state index in [0.717, 1.165) is 18.5 Å². The van der Waals surface area contributed by atoms with Gasteiger partial charge in [0.05, 0.1) is 12.3 Å². The summed E-state index contributed by atoms with van der Waals surface area (Å²) in [7, 11) is 4.07. The molecule has 18 heavy (non-hydrogen) atoms. The summed E-state index contributed by atoms with van der Waals surface area (Å²) in [5.74, 6) is 0.715. The third kappa shape index (κ3) is 2.61. The van der Waals surface area contributed by atoms with Crippen LogP contribution < -0.4 is 10.5 Å². The lowest BCUT2D eigenvalue weighted by Gasteiger charge is -2.19. The van der Waals surface area contributed by atoms with E-state index in [9.17, 15) is 0 Å². The first-order valence-electron chi connectivity index (χ1n) is 6.77. The Balaban J connectivity index is 1.88. The Kier molecular flexibility index (Phi) is 4.11. The second kappa shape index (κ2) is 5.61. The van der Waals surface area contributed by atoms with Gasteiger partial charge in [-0.1, -0.05) is 6.92 Å². The minimum atomic E-state index is 0.657. The zero-order chi connectivity index (χ0) is 13.1. The molecule has 1 aliphatic rings. The number of rotatable bonds is 5. The Morgan fingerprint density at radius 2 is 2.22 bits per heavy atom. The standard InChI is InChI=1S/C13H24N4O/c1-4-11-12(14)13(17(3)15-11)18-9-7-10-6-5-8-16(10)2/h10H,4-9,14H2,1-3H3. The maximum atomic E-state index is 6.02. The molecule has 0 bridgehead atoms. The van der Waals surface area contributed by atoms with Crippen LogP contribution in [0.4, 0.5) is 5.69 Å². The zero-order valence-electron chi connectivity index (χ0n) is 11.6. The predicted octanol–water partition coefficient (Wildman–Crippen LogP) is 1.43. The lowest BCUT2D eigenvalue weighted by atomic mass is 10.1. The van der Waals surface area contributed by atoms with Gasteiger partial charge in [0.1, 0.15) is 5.69 Å². The first-order chi connectivity index (χ1) is 8.63. The van der Waals surface area contributed by atoms with Crippen LogP contribution in [0.1, 0.15) is 31.9 Å². The van der Waals surface area contributed by atoms with E-state index in [1.165, 1.54) is 19.4 Å². The van der Waals surface area contributed by atoms with Crippen molar-refractivity contribution in [2.24, 2.45) is 7.05 Å². The normalized spacial score (nSPS) is 20.5. The van der Waals surface area contributed by atoms with E-state index in [4.69, 9.17) is 10.5 Å². The molecule has 1 atom stereocenters. The number of hydrogen-bond donors (Lipinski definition) is 1. The van der Waals surface area contributed by atoms with Crippen molar-refractivity contribution < 1.29 is 4.74 Å². The van der Waals surface area contributed by atoms with Crippen molar-refractivity contribution in [2.45, 2.75) is 38.6 Å². The Bertz CT molecular complexity index is 402. The molecule has 0 radical (unpaired) electrons. The molecule has 102 valence electrons. The Labute approximate surface area is 109 Å². The van der Waals surface area contributed by atoms with Crippen LogP contribution >= 0.6 is 0 Å². The van der Waals surface area contributed by atoms with E-state index >= 15 is 0 Å². The van der Waals surface area contributed by atoms with Crippen LogP contribution in [0.3, 0.4) is 0 Å². The molecule has 0 saturated carbocycles. The van der Waals surface area contributed by atoms with Crippen molar-refractivity contribution in [3.8, 4) is 5.88 Å². The Morgan fingerprint density at radius 3 is 2.78 bits per heavy atom. The van der Waals surface area contributed by atoms with Crippen LogP contribution in [0.5, 0.6) is 5.88 Å². The van der Waals surface area contributed by atoms with Crippen molar-refractivity contribution in [1.29, 1.82) is 0 Å². The summed E-state index contributed by atoms with van der Waals surface area (Å²) < 4.78 is 7.55. The topological polar surface area (TPSA) is 56.3 Å². The van der Waals surface area contributed by atoms with Gasteiger partial charge in [-0.15, -0.1) is 0 Å². The fraction of sp³-hybridized carbons (Fsp3) is 0.769. The average Bonchev–Trinajstić information content (AvgIpc) is 2.87. The van der Waals surface area contributed by atoms with Gasteiger partial charge in [0.25, 0.3) is 0 Å². The highest BCUT2D eigenvalue weighted by atomic mass is 16.5. The van der Waals surface area contributed by atoms with Gasteiger partial charge >= 0.3 is 0 Å². The summed E-state index contributed by atoms with van der Waals surface area (Å²) in [6.07, 6.45) is 4.48. The molecule has 1 saturated heterocycles. The number of hydrogen-bond acceptors (Lipinski definition) is 4. The second-order valence-corrected chi connectivity index (χ2v) is 5.06. The number of nitrogens with zero attached hydrogens (tertiary/aromatic N) is 3. The van der Waals surface area contributed by atoms with Crippen LogP contribution in [0.15, 0.2) is 0 Å². The van der Waals surface area contributed by atoms with Crippen molar-refractivity contribution in [3.05, 3.63) is 5.69 Å². The molecule has 5 nitrogen and oxygen atoms in total. The molecule has 1 unspecified atom stereocenters. The highest BCUT2D eigenvalue weighted by molar-refractivity contribution is 5.53. The van der Waals surface area contributed by atoms with E-state index in [-0.39, 0.29) is 0 Å². The number of nitrogens with two attached hydrogens (primary N) is 1. The highest BCUT2D eigenvalue weighted by Crippen LogP contribution is 2.25. The van der Waals surface area contributed by atoms with Crippen molar-refractivity contribution in [1.82, 2.24) is 14.7 Å². The zero-order valence-corrected chi connectivity index (χ0v) is 11.6. The maximum Gasteiger partial charge on any atom is 0.235 e. The Morgan fingerprint density at radius 1 is 1.44 bits per heavy atom. The van der Waals surface area contributed by atoms with Crippen LogP contribution in [0.25, 0.3) is 0 Å². The number of anilines is 1. The average molecular weight is 252 g/mol. The predicted molar refractivity (Wildman–Crippen MR) is 72.8 cm³/mol. The summed E-state index contributed by atoms with van der Waals surface area (Å²) in [6.45, 7) is 3.97. The molecule has 5 heteroatoms. The minimum Gasteiger partial charge on any atom is -0.476 e. The van der Waals surface area contributed by atoms with Gasteiger partial charge in [0.2, 0.25) is 5.88 Å². The van der Waals surface area contributed by atoms with Gasteiger partial charge in [0.15, 0.2) is 0 Å². The summed E-state index contributed by atoms with van der Waals surface area (Å²) in [6, 6.07) is 0.657. The SMILES string of the molecule is CCc1nn(C)c(OCCC2CCCN2C)c1N. The molecule has 1 aliphatic heterocycles. The van der Waals surface area contributed by atoms with Gasteiger partial charge in [-0.05, 0) is 39.3 Å². The van der Waals surface area contributed by atoms with Gasteiger partial charge in [-0.2, -0.15) is 5.10 Å². The molecule has 0 amide bonds. The van der Waals surface area contributed by atoms with E-state index < -0.39 is 0 Å². The van der Waals surface area contributed by atoms with Crippen LogP contribution in [0.2, 0.25) is 0 Å². The van der Waals surface area contributed by atoms with Gasteiger partial charge < -0.3 is 15.4 Å². The third-order valence-electron chi connectivity index (χ3n) is 3.80. The van der Waals surface area contributed by atoms with E-state index in [1.54, 1.807) is 4.68 Å². The van der Waals surface area contributed by atoms with Gasteiger partial charge in [-0.3, -0.25) is 0 Å². The smallest absolute Gasteiger partial charge is 0.235 e. The van der Waals surface area contributed by atoms with E-state index in [0.29, 0.717) is 24.2 Å². The number of nitrogen functional groups attached to an aromatic ring is 1. The largest absolute Gasteiger partial charge is 0.476 e. The number of ether oxygens (including phenoxy) is 1. The molecule has 1 fully saturated rings. The van der Waals surface area contributed by atoms with E-state index in [1.807, 2.05) is 7.05 Å². The molecule has 0 spiro atoms. The Hall–Kier alpha value is -1.23. The first kappa shape index (κ1) is 13.2. The lowest BCUT2D eigenvalue weighted by molar-refractivity contribution is 0.223. The molecule has 1 aromatic rings. The lowest BCUT2D eigenvalue weighted by Crippen LogP contribution is -2.26. The van der Waals surface area contributed by atoms with Crippen molar-refractivity contribution in [2.75, 3.05) is 25.9 Å². The van der Waals surface area contributed by atoms with Gasteiger partial charge in [-0.25, -0.2) is 4.68 Å². The van der Waals surface area contributed by atoms with Crippen molar-refractivity contribution in [3.63, 3.8) is 0 Å². The summed E-state index contributed by atoms with van der Waals surface area (Å²) in [4.78, 5) is 2.41. The van der Waals surface area contributed by atoms with Crippen molar-refractivity contribution >= 4 is 5.69 Å². The van der Waals surface area contributed by atoms with Crippen LogP contribution in [0, 0.1) is 0 Å². The fourth-order valence-corrected chi connectivity index (χ4v) is 2.65. The molecular formula is C13H24N4O. The third-order valence-corrected chi connectivity index (χ3v) is 3.80. The summed E-state index contributed by atoms with van der Waals surface area (Å²) in [5.41, 5.74) is 7.63. The molecule has 2 heterocycles. The maximum absolute atomic E-state index is 6.02. The number of aromatic nitrogens is 2. The second-order valence-electron chi connectivity index (χ2n) is 5.06. The monoisotopic (exact) mass is 252 g/mol. The molecular weight excluding hydrogens is 228 g/mol. The highest BCUT2D eigenvalue weighted by Gasteiger charge is 2.21. The number of likely N-dealkylation sites (tertiary alicyclic amines) is 1. The van der Waals surface area contributed by atoms with Crippen LogP contribution in [-0.4, -0.2) is 40.9 Å². The molecule has 2 N–H and O–H groups in total. The fourth-order valence-electron chi connectivity index (χ4n) is 2.65. The van der Waals surface area contributed by atoms with Gasteiger partial charge in [0, 0.05) is 13.1 Å². The quantitative estimate of drug-likeness (QED) is 0.861. The molecule has 2 rings (SSSR count). The molecule has 0 aromatic carbocycles. The number of aryl methyl sites for hydroxylation is 2. The van der Waals surface area contributed by atoms with Crippen LogP contribution in [-0.2, 0) is 13.5 Å².